The molecule has 7 heteroatoms. The fraction of sp³-hybridized carbons (Fsp3) is 0.545. The molecule has 0 spiro atoms. The Hall–Kier alpha value is -2.21. The maximum Gasteiger partial charge on any atom is 0.157 e. The third-order valence-electron chi connectivity index (χ3n) is 5.07. The molecule has 0 aliphatic carbocycles. The van der Waals surface area contributed by atoms with Crippen LogP contribution < -0.4 is 20.4 Å². The van der Waals surface area contributed by atoms with Crippen LogP contribution in [0.5, 0.6) is 0 Å². The van der Waals surface area contributed by atoms with Crippen molar-refractivity contribution < 1.29 is 0 Å². The standard InChI is InChI=1S/C22H33ClN6/c1-16(2)13-29(14-17(3)4)22-20(24)21(25-15-26-22)28-10-8-27(9-11-28)19-7-5-6-18(23)12-19/h5-7,12,15-17H,8-11,13-14,24H2,1-4H3. The van der Waals surface area contributed by atoms with Crippen LogP contribution in [0.4, 0.5) is 23.0 Å². The van der Waals surface area contributed by atoms with Crippen molar-refractivity contribution >= 4 is 34.6 Å². The lowest BCUT2D eigenvalue weighted by molar-refractivity contribution is 0.548. The molecule has 1 aromatic carbocycles. The highest BCUT2D eigenvalue weighted by Crippen LogP contribution is 2.31. The fourth-order valence-electron chi connectivity index (χ4n) is 3.86. The second kappa shape index (κ2) is 9.53. The molecule has 2 N–H and O–H groups in total. The summed E-state index contributed by atoms with van der Waals surface area (Å²) in [4.78, 5) is 16.0. The van der Waals surface area contributed by atoms with Crippen LogP contribution in [0, 0.1) is 11.8 Å². The van der Waals surface area contributed by atoms with Crippen LogP contribution >= 0.6 is 11.6 Å². The van der Waals surface area contributed by atoms with Crippen molar-refractivity contribution in [1.29, 1.82) is 0 Å². The third kappa shape index (κ3) is 5.44. The molecule has 6 nitrogen and oxygen atoms in total. The number of aromatic nitrogens is 2. The van der Waals surface area contributed by atoms with E-state index in [0.717, 1.165) is 61.6 Å². The van der Waals surface area contributed by atoms with Gasteiger partial charge in [0.05, 0.1) is 0 Å². The molecule has 0 radical (unpaired) electrons. The van der Waals surface area contributed by atoms with Crippen molar-refractivity contribution in [3.8, 4) is 0 Å². The van der Waals surface area contributed by atoms with E-state index in [-0.39, 0.29) is 0 Å². The van der Waals surface area contributed by atoms with E-state index in [1.54, 1.807) is 6.33 Å². The number of rotatable bonds is 7. The van der Waals surface area contributed by atoms with E-state index in [1.807, 2.05) is 18.2 Å². The topological polar surface area (TPSA) is 61.5 Å². The van der Waals surface area contributed by atoms with Gasteiger partial charge in [-0.1, -0.05) is 45.4 Å². The Kier molecular flexibility index (Phi) is 7.06. The summed E-state index contributed by atoms with van der Waals surface area (Å²) >= 11 is 6.15. The van der Waals surface area contributed by atoms with E-state index >= 15 is 0 Å². The summed E-state index contributed by atoms with van der Waals surface area (Å²) in [6.07, 6.45) is 1.65. The molecule has 0 amide bonds. The van der Waals surface area contributed by atoms with Crippen LogP contribution in [0.3, 0.4) is 0 Å². The minimum Gasteiger partial charge on any atom is -0.393 e. The van der Waals surface area contributed by atoms with Crippen LogP contribution in [-0.4, -0.2) is 49.2 Å². The van der Waals surface area contributed by atoms with Crippen molar-refractivity contribution in [1.82, 2.24) is 9.97 Å². The number of halogens is 1. The van der Waals surface area contributed by atoms with Gasteiger partial charge < -0.3 is 20.4 Å². The molecule has 0 bridgehead atoms. The zero-order valence-corrected chi connectivity index (χ0v) is 18.7. The molecule has 0 atom stereocenters. The maximum atomic E-state index is 6.59. The summed E-state index contributed by atoms with van der Waals surface area (Å²) in [7, 11) is 0. The smallest absolute Gasteiger partial charge is 0.157 e. The van der Waals surface area contributed by atoms with Gasteiger partial charge in [0, 0.05) is 50.0 Å². The largest absolute Gasteiger partial charge is 0.393 e. The number of nitrogen functional groups attached to an aromatic ring is 1. The molecule has 3 rings (SSSR count). The number of anilines is 4. The fourth-order valence-corrected chi connectivity index (χ4v) is 4.04. The molecule has 2 heterocycles. The highest BCUT2D eigenvalue weighted by molar-refractivity contribution is 6.30. The first-order valence-corrected chi connectivity index (χ1v) is 10.8. The average Bonchev–Trinajstić information content (AvgIpc) is 2.67. The number of hydrogen-bond acceptors (Lipinski definition) is 6. The lowest BCUT2D eigenvalue weighted by atomic mass is 10.1. The molecule has 0 saturated carbocycles. The maximum absolute atomic E-state index is 6.59. The van der Waals surface area contributed by atoms with Crippen molar-refractivity contribution in [3.63, 3.8) is 0 Å². The first-order valence-electron chi connectivity index (χ1n) is 10.5. The predicted molar refractivity (Wildman–Crippen MR) is 124 cm³/mol. The molecule has 1 aromatic heterocycles. The predicted octanol–water partition coefficient (Wildman–Crippen LogP) is 4.16. The van der Waals surface area contributed by atoms with Crippen LogP contribution in [0.25, 0.3) is 0 Å². The molecule has 1 aliphatic heterocycles. The Morgan fingerprint density at radius 3 is 2.21 bits per heavy atom. The number of nitrogens with zero attached hydrogens (tertiary/aromatic N) is 5. The van der Waals surface area contributed by atoms with Gasteiger partial charge in [0.2, 0.25) is 0 Å². The summed E-state index contributed by atoms with van der Waals surface area (Å²) < 4.78 is 0. The average molecular weight is 417 g/mol. The summed E-state index contributed by atoms with van der Waals surface area (Å²) in [5, 5.41) is 0.769. The number of piperazine rings is 1. The second-order valence-corrected chi connectivity index (χ2v) is 9.02. The molecular formula is C22H33ClN6. The first kappa shape index (κ1) is 21.5. The zero-order valence-electron chi connectivity index (χ0n) is 18.0. The molecule has 29 heavy (non-hydrogen) atoms. The summed E-state index contributed by atoms with van der Waals surface area (Å²) in [6, 6.07) is 8.03. The number of nitrogens with two attached hydrogens (primary N) is 1. The summed E-state index contributed by atoms with van der Waals surface area (Å²) in [5.74, 6) is 2.77. The molecule has 1 fully saturated rings. The molecule has 1 saturated heterocycles. The van der Waals surface area contributed by atoms with Crippen LogP contribution in [0.2, 0.25) is 5.02 Å². The molecule has 0 unspecified atom stereocenters. The second-order valence-electron chi connectivity index (χ2n) is 8.58. The van der Waals surface area contributed by atoms with Gasteiger partial charge >= 0.3 is 0 Å². The van der Waals surface area contributed by atoms with E-state index in [9.17, 15) is 0 Å². The van der Waals surface area contributed by atoms with E-state index in [4.69, 9.17) is 17.3 Å². The van der Waals surface area contributed by atoms with Crippen molar-refractivity contribution in [2.75, 3.05) is 59.7 Å². The van der Waals surface area contributed by atoms with Crippen molar-refractivity contribution in [2.45, 2.75) is 27.7 Å². The Bertz CT molecular complexity index is 792. The van der Waals surface area contributed by atoms with Gasteiger partial charge in [-0.05, 0) is 30.0 Å². The first-order chi connectivity index (χ1) is 13.8. The quantitative estimate of drug-likeness (QED) is 0.731. The highest BCUT2D eigenvalue weighted by atomic mass is 35.5. The van der Waals surface area contributed by atoms with Gasteiger partial charge in [-0.25, -0.2) is 9.97 Å². The SMILES string of the molecule is CC(C)CN(CC(C)C)c1ncnc(N2CCN(c3cccc(Cl)c3)CC2)c1N. The molecular weight excluding hydrogens is 384 g/mol. The number of hydrogen-bond donors (Lipinski definition) is 1. The molecule has 158 valence electrons. The minimum atomic E-state index is 0.535. The summed E-state index contributed by atoms with van der Waals surface area (Å²) in [5.41, 5.74) is 8.44. The van der Waals surface area contributed by atoms with Crippen LogP contribution in [0.15, 0.2) is 30.6 Å². The van der Waals surface area contributed by atoms with Gasteiger partial charge in [-0.2, -0.15) is 0 Å². The molecule has 2 aromatic rings. The van der Waals surface area contributed by atoms with Crippen LogP contribution in [-0.2, 0) is 0 Å². The van der Waals surface area contributed by atoms with Crippen molar-refractivity contribution in [3.05, 3.63) is 35.6 Å². The minimum absolute atomic E-state index is 0.535. The Labute approximate surface area is 179 Å². The Balaban J connectivity index is 1.75. The van der Waals surface area contributed by atoms with Gasteiger partial charge in [0.1, 0.15) is 12.0 Å². The number of benzene rings is 1. The van der Waals surface area contributed by atoms with E-state index < -0.39 is 0 Å². The Morgan fingerprint density at radius 1 is 1.00 bits per heavy atom. The zero-order chi connectivity index (χ0) is 21.0. The molecule has 1 aliphatic rings. The van der Waals surface area contributed by atoms with E-state index in [0.29, 0.717) is 17.5 Å². The van der Waals surface area contributed by atoms with E-state index in [1.165, 1.54) is 0 Å². The summed E-state index contributed by atoms with van der Waals surface area (Å²) in [6.45, 7) is 14.3. The van der Waals surface area contributed by atoms with Gasteiger partial charge in [0.25, 0.3) is 0 Å². The lowest BCUT2D eigenvalue weighted by Gasteiger charge is -2.37. The normalized spacial score (nSPS) is 14.7. The van der Waals surface area contributed by atoms with Gasteiger partial charge in [-0.3, -0.25) is 0 Å². The monoisotopic (exact) mass is 416 g/mol. The van der Waals surface area contributed by atoms with Crippen LogP contribution in [0.1, 0.15) is 27.7 Å². The Morgan fingerprint density at radius 2 is 1.62 bits per heavy atom. The van der Waals surface area contributed by atoms with Crippen molar-refractivity contribution in [2.24, 2.45) is 11.8 Å². The van der Waals surface area contributed by atoms with Gasteiger partial charge in [-0.15, -0.1) is 0 Å². The third-order valence-corrected chi connectivity index (χ3v) is 5.30. The van der Waals surface area contributed by atoms with Gasteiger partial charge in [0.15, 0.2) is 11.6 Å². The lowest BCUT2D eigenvalue weighted by Crippen LogP contribution is -2.47. The highest BCUT2D eigenvalue weighted by Gasteiger charge is 2.24. The van der Waals surface area contributed by atoms with E-state index in [2.05, 4.69) is 58.4 Å².